The summed E-state index contributed by atoms with van der Waals surface area (Å²) in [6, 6.07) is 3.51. The molecular formula is C7H5NO2. The molecule has 0 bridgehead atoms. The lowest BCUT2D eigenvalue weighted by Crippen LogP contribution is -1.68. The van der Waals surface area contributed by atoms with Crippen LogP contribution >= 0.6 is 0 Å². The normalized spacial score (nSPS) is 10.4. The van der Waals surface area contributed by atoms with Crippen molar-refractivity contribution in [1.29, 1.82) is 0 Å². The van der Waals surface area contributed by atoms with E-state index in [9.17, 15) is 0 Å². The summed E-state index contributed by atoms with van der Waals surface area (Å²) in [5, 5.41) is 9.05. The summed E-state index contributed by atoms with van der Waals surface area (Å²) in [7, 11) is 0. The molecule has 2 heterocycles. The van der Waals surface area contributed by atoms with Crippen LogP contribution in [0.5, 0.6) is 5.75 Å². The molecule has 3 nitrogen and oxygen atoms in total. The van der Waals surface area contributed by atoms with E-state index >= 15 is 0 Å². The molecule has 3 heteroatoms. The average Bonchev–Trinajstić information content (AvgIpc) is 2.34. The van der Waals surface area contributed by atoms with Gasteiger partial charge in [0.15, 0.2) is 16.8 Å². The van der Waals surface area contributed by atoms with Crippen molar-refractivity contribution in [3.63, 3.8) is 0 Å². The van der Waals surface area contributed by atoms with Crippen molar-refractivity contribution in [3.05, 3.63) is 24.6 Å². The van der Waals surface area contributed by atoms with E-state index < -0.39 is 0 Å². The van der Waals surface area contributed by atoms with Crippen LogP contribution in [0.2, 0.25) is 0 Å². The minimum atomic E-state index is 0.0931. The van der Waals surface area contributed by atoms with Crippen molar-refractivity contribution in [2.45, 2.75) is 0 Å². The van der Waals surface area contributed by atoms with E-state index in [1.165, 1.54) is 6.26 Å². The molecule has 10 heavy (non-hydrogen) atoms. The molecule has 0 atom stereocenters. The van der Waals surface area contributed by atoms with Crippen molar-refractivity contribution in [2.24, 2.45) is 0 Å². The number of furan rings is 1. The van der Waals surface area contributed by atoms with Gasteiger partial charge in [-0.2, -0.15) is 0 Å². The van der Waals surface area contributed by atoms with Gasteiger partial charge in [-0.25, -0.2) is 4.98 Å². The van der Waals surface area contributed by atoms with E-state index in [-0.39, 0.29) is 5.75 Å². The molecule has 50 valence electrons. The maximum Gasteiger partial charge on any atom is 0.180 e. The third-order valence-electron chi connectivity index (χ3n) is 1.31. The highest BCUT2D eigenvalue weighted by atomic mass is 16.4. The summed E-state index contributed by atoms with van der Waals surface area (Å²) in [5.74, 6) is 0.0931. The lowest BCUT2D eigenvalue weighted by atomic mass is 10.4. The van der Waals surface area contributed by atoms with Gasteiger partial charge < -0.3 is 9.52 Å². The first-order chi connectivity index (χ1) is 4.88. The maximum absolute atomic E-state index is 9.05. The smallest absolute Gasteiger partial charge is 0.180 e. The van der Waals surface area contributed by atoms with Crippen LogP contribution in [0.3, 0.4) is 0 Å². The van der Waals surface area contributed by atoms with Gasteiger partial charge in [0, 0.05) is 6.20 Å². The highest BCUT2D eigenvalue weighted by Crippen LogP contribution is 2.22. The highest BCUT2D eigenvalue weighted by Gasteiger charge is 2.01. The number of fused-ring (bicyclic) bond motifs is 1. The van der Waals surface area contributed by atoms with Crippen LogP contribution in [0.15, 0.2) is 29.0 Å². The molecule has 0 aliphatic heterocycles. The van der Waals surface area contributed by atoms with E-state index in [0.717, 1.165) is 0 Å². The van der Waals surface area contributed by atoms with Crippen molar-refractivity contribution >= 4 is 11.1 Å². The van der Waals surface area contributed by atoms with Gasteiger partial charge in [0.05, 0.1) is 0 Å². The van der Waals surface area contributed by atoms with Crippen LogP contribution in [-0.2, 0) is 0 Å². The number of rotatable bonds is 0. The fraction of sp³-hybridized carbons (Fsp3) is 0. The molecule has 0 unspecified atom stereocenters. The summed E-state index contributed by atoms with van der Waals surface area (Å²) in [5.41, 5.74) is 1.13. The zero-order valence-electron chi connectivity index (χ0n) is 5.11. The number of aromatic hydroxyl groups is 1. The highest BCUT2D eigenvalue weighted by molar-refractivity contribution is 5.78. The number of aromatic nitrogens is 1. The largest absolute Gasteiger partial charge is 0.503 e. The van der Waals surface area contributed by atoms with Gasteiger partial charge in [0.1, 0.15) is 6.26 Å². The van der Waals surface area contributed by atoms with Crippen LogP contribution in [0.1, 0.15) is 0 Å². The third kappa shape index (κ3) is 0.572. The molecule has 2 rings (SSSR count). The van der Waals surface area contributed by atoms with Crippen molar-refractivity contribution in [1.82, 2.24) is 4.98 Å². The first-order valence-corrected chi connectivity index (χ1v) is 2.89. The molecule has 0 aliphatic rings. The predicted octanol–water partition coefficient (Wildman–Crippen LogP) is 1.53. The SMILES string of the molecule is Oc1coc2cccnc12. The van der Waals surface area contributed by atoms with Crippen LogP contribution in [0.4, 0.5) is 0 Å². The Labute approximate surface area is 56.9 Å². The fourth-order valence-corrected chi connectivity index (χ4v) is 0.853. The molecular weight excluding hydrogens is 130 g/mol. The van der Waals surface area contributed by atoms with E-state index in [4.69, 9.17) is 9.52 Å². The van der Waals surface area contributed by atoms with Crippen molar-refractivity contribution in [2.75, 3.05) is 0 Å². The third-order valence-corrected chi connectivity index (χ3v) is 1.31. The molecule has 0 saturated heterocycles. The molecule has 1 N–H and O–H groups in total. The van der Waals surface area contributed by atoms with Crippen LogP contribution in [0.25, 0.3) is 11.1 Å². The Kier molecular flexibility index (Phi) is 0.917. The number of hydrogen-bond donors (Lipinski definition) is 1. The predicted molar refractivity (Wildman–Crippen MR) is 35.7 cm³/mol. The summed E-state index contributed by atoms with van der Waals surface area (Å²) in [6.45, 7) is 0. The molecule has 2 aromatic rings. The second-order valence-electron chi connectivity index (χ2n) is 1.97. The van der Waals surface area contributed by atoms with E-state index in [2.05, 4.69) is 4.98 Å². The number of nitrogens with zero attached hydrogens (tertiary/aromatic N) is 1. The van der Waals surface area contributed by atoms with Crippen molar-refractivity contribution < 1.29 is 9.52 Å². The Morgan fingerprint density at radius 3 is 3.20 bits per heavy atom. The molecule has 0 spiro atoms. The summed E-state index contributed by atoms with van der Waals surface area (Å²) in [4.78, 5) is 3.90. The van der Waals surface area contributed by atoms with Gasteiger partial charge in [-0.3, -0.25) is 0 Å². The molecule has 0 amide bonds. The Morgan fingerprint density at radius 1 is 1.50 bits per heavy atom. The molecule has 0 aliphatic carbocycles. The first-order valence-electron chi connectivity index (χ1n) is 2.89. The topological polar surface area (TPSA) is 46.3 Å². The molecule has 2 aromatic heterocycles. The van der Waals surface area contributed by atoms with Gasteiger partial charge in [-0.1, -0.05) is 0 Å². The summed E-state index contributed by atoms with van der Waals surface area (Å²) in [6.07, 6.45) is 2.88. The summed E-state index contributed by atoms with van der Waals surface area (Å²) < 4.78 is 4.94. The van der Waals surface area contributed by atoms with Crippen molar-refractivity contribution in [3.8, 4) is 5.75 Å². The van der Waals surface area contributed by atoms with Crippen LogP contribution < -0.4 is 0 Å². The number of hydrogen-bond acceptors (Lipinski definition) is 3. The van der Waals surface area contributed by atoms with E-state index in [1.54, 1.807) is 18.3 Å². The van der Waals surface area contributed by atoms with Gasteiger partial charge in [-0.05, 0) is 12.1 Å². The van der Waals surface area contributed by atoms with Crippen LogP contribution in [-0.4, -0.2) is 10.1 Å². The summed E-state index contributed by atoms with van der Waals surface area (Å²) >= 11 is 0. The van der Waals surface area contributed by atoms with Gasteiger partial charge in [0.25, 0.3) is 0 Å². The Hall–Kier alpha value is -1.51. The average molecular weight is 135 g/mol. The second kappa shape index (κ2) is 1.73. The maximum atomic E-state index is 9.05. The van der Waals surface area contributed by atoms with Gasteiger partial charge >= 0.3 is 0 Å². The Morgan fingerprint density at radius 2 is 2.40 bits per heavy atom. The minimum absolute atomic E-state index is 0.0931. The molecule has 0 fully saturated rings. The lowest BCUT2D eigenvalue weighted by Gasteiger charge is -1.83. The molecule has 0 aromatic carbocycles. The molecule has 0 radical (unpaired) electrons. The number of pyridine rings is 1. The lowest BCUT2D eigenvalue weighted by molar-refractivity contribution is 0.464. The second-order valence-corrected chi connectivity index (χ2v) is 1.97. The fourth-order valence-electron chi connectivity index (χ4n) is 0.853. The standard InChI is InChI=1S/C7H5NO2/c9-5-4-10-6-2-1-3-8-7(5)6/h1-4,9H. The Bertz CT molecular complexity index is 353. The monoisotopic (exact) mass is 135 g/mol. The van der Waals surface area contributed by atoms with Gasteiger partial charge in [0.2, 0.25) is 0 Å². The van der Waals surface area contributed by atoms with Crippen LogP contribution in [0, 0.1) is 0 Å². The van der Waals surface area contributed by atoms with Gasteiger partial charge in [-0.15, -0.1) is 0 Å². The minimum Gasteiger partial charge on any atom is -0.503 e. The van der Waals surface area contributed by atoms with E-state index in [1.807, 2.05) is 0 Å². The molecule has 0 saturated carbocycles. The van der Waals surface area contributed by atoms with E-state index in [0.29, 0.717) is 11.1 Å². The zero-order chi connectivity index (χ0) is 6.97. The quantitative estimate of drug-likeness (QED) is 0.595. The Balaban J connectivity index is 2.93. The zero-order valence-corrected chi connectivity index (χ0v) is 5.11. The first kappa shape index (κ1) is 5.29.